The topological polar surface area (TPSA) is 29.5 Å². The number of cyclic esters (lactones) is 1. The summed E-state index contributed by atoms with van der Waals surface area (Å²) in [7, 11) is 0. The number of hydrogen-bond acceptors (Lipinski definition) is 2. The highest BCUT2D eigenvalue weighted by molar-refractivity contribution is 5.71. The SMILES string of the molecule is Cc1ccc(CN2COC2=O)cc1. The molecule has 1 saturated heterocycles. The third kappa shape index (κ3) is 1.64. The van der Waals surface area contributed by atoms with E-state index in [2.05, 4.69) is 4.74 Å². The molecule has 0 spiro atoms. The van der Waals surface area contributed by atoms with Crippen LogP contribution in [0.4, 0.5) is 4.79 Å². The molecular weight excluding hydrogens is 166 g/mol. The fourth-order valence-electron chi connectivity index (χ4n) is 1.23. The van der Waals surface area contributed by atoms with Crippen molar-refractivity contribution in [2.45, 2.75) is 13.5 Å². The average Bonchev–Trinajstić information content (AvgIpc) is 2.15. The lowest BCUT2D eigenvalue weighted by atomic mass is 10.1. The largest absolute Gasteiger partial charge is 0.428 e. The molecule has 1 aromatic carbocycles. The first kappa shape index (κ1) is 8.10. The van der Waals surface area contributed by atoms with Crippen LogP contribution in [0.1, 0.15) is 11.1 Å². The summed E-state index contributed by atoms with van der Waals surface area (Å²) in [5, 5.41) is 0. The first-order valence-electron chi connectivity index (χ1n) is 4.23. The monoisotopic (exact) mass is 177 g/mol. The number of carbonyl (C=O) groups is 1. The molecule has 0 saturated carbocycles. The summed E-state index contributed by atoms with van der Waals surface area (Å²) in [5.41, 5.74) is 2.37. The third-order valence-electron chi connectivity index (χ3n) is 2.10. The Bertz CT molecular complexity index is 318. The number of ether oxygens (including phenoxy) is 1. The molecule has 13 heavy (non-hydrogen) atoms. The molecular formula is C10H11NO2. The standard InChI is InChI=1S/C10H11NO2/c1-8-2-4-9(5-3-8)6-11-7-13-10(11)12/h2-5H,6-7H2,1H3. The van der Waals surface area contributed by atoms with Crippen LogP contribution in [0.15, 0.2) is 24.3 Å². The number of nitrogens with zero attached hydrogens (tertiary/aromatic N) is 1. The van der Waals surface area contributed by atoms with Crippen LogP contribution in [0, 0.1) is 6.92 Å². The van der Waals surface area contributed by atoms with Gasteiger partial charge in [0.15, 0.2) is 6.73 Å². The van der Waals surface area contributed by atoms with Crippen molar-refractivity contribution in [2.75, 3.05) is 6.73 Å². The first-order valence-corrected chi connectivity index (χ1v) is 4.23. The molecule has 0 radical (unpaired) electrons. The minimum atomic E-state index is -0.222. The molecule has 3 nitrogen and oxygen atoms in total. The first-order chi connectivity index (χ1) is 6.25. The minimum absolute atomic E-state index is 0.222. The molecule has 0 unspecified atom stereocenters. The lowest BCUT2D eigenvalue weighted by Crippen LogP contribution is -2.44. The van der Waals surface area contributed by atoms with Crippen LogP contribution in [-0.4, -0.2) is 17.7 Å². The van der Waals surface area contributed by atoms with E-state index in [1.807, 2.05) is 31.2 Å². The van der Waals surface area contributed by atoms with Gasteiger partial charge in [0.2, 0.25) is 0 Å². The van der Waals surface area contributed by atoms with Gasteiger partial charge in [-0.05, 0) is 12.5 Å². The van der Waals surface area contributed by atoms with Crippen LogP contribution in [0.5, 0.6) is 0 Å². The Morgan fingerprint density at radius 2 is 2.08 bits per heavy atom. The van der Waals surface area contributed by atoms with Crippen LogP contribution in [0.2, 0.25) is 0 Å². The van der Waals surface area contributed by atoms with Gasteiger partial charge >= 0.3 is 6.09 Å². The zero-order valence-corrected chi connectivity index (χ0v) is 7.49. The van der Waals surface area contributed by atoms with Crippen molar-refractivity contribution in [3.05, 3.63) is 35.4 Å². The van der Waals surface area contributed by atoms with Crippen molar-refractivity contribution >= 4 is 6.09 Å². The lowest BCUT2D eigenvalue weighted by Gasteiger charge is -2.29. The zero-order valence-electron chi connectivity index (χ0n) is 7.49. The Hall–Kier alpha value is -1.51. The van der Waals surface area contributed by atoms with E-state index < -0.39 is 0 Å². The molecule has 0 aliphatic carbocycles. The molecule has 0 aromatic heterocycles. The van der Waals surface area contributed by atoms with E-state index in [4.69, 9.17) is 0 Å². The van der Waals surface area contributed by atoms with E-state index in [1.165, 1.54) is 5.56 Å². The smallest absolute Gasteiger partial charge is 0.414 e. The summed E-state index contributed by atoms with van der Waals surface area (Å²) in [6, 6.07) is 8.14. The van der Waals surface area contributed by atoms with Crippen molar-refractivity contribution in [3.63, 3.8) is 0 Å². The van der Waals surface area contributed by atoms with E-state index >= 15 is 0 Å². The predicted octanol–water partition coefficient (Wildman–Crippen LogP) is 1.90. The maximum absolute atomic E-state index is 10.8. The predicted molar refractivity (Wildman–Crippen MR) is 48.1 cm³/mol. The summed E-state index contributed by atoms with van der Waals surface area (Å²) >= 11 is 0. The highest BCUT2D eigenvalue weighted by Crippen LogP contribution is 2.12. The molecule has 1 fully saturated rings. The molecule has 1 aromatic rings. The Balaban J connectivity index is 2.01. The molecule has 68 valence electrons. The van der Waals surface area contributed by atoms with Gasteiger partial charge in [-0.25, -0.2) is 4.79 Å². The van der Waals surface area contributed by atoms with Crippen molar-refractivity contribution in [2.24, 2.45) is 0 Å². The fraction of sp³-hybridized carbons (Fsp3) is 0.300. The number of carbonyl (C=O) groups excluding carboxylic acids is 1. The molecule has 1 aliphatic heterocycles. The molecule has 1 aliphatic rings. The highest BCUT2D eigenvalue weighted by atomic mass is 16.6. The molecule has 3 heteroatoms. The molecule has 0 bridgehead atoms. The molecule has 0 N–H and O–H groups in total. The average molecular weight is 177 g/mol. The quantitative estimate of drug-likeness (QED) is 0.690. The highest BCUT2D eigenvalue weighted by Gasteiger charge is 2.25. The second-order valence-corrected chi connectivity index (χ2v) is 3.22. The van der Waals surface area contributed by atoms with Gasteiger partial charge in [0.25, 0.3) is 0 Å². The van der Waals surface area contributed by atoms with Gasteiger partial charge in [0.05, 0.1) is 6.54 Å². The fourth-order valence-corrected chi connectivity index (χ4v) is 1.23. The summed E-state index contributed by atoms with van der Waals surface area (Å²) in [4.78, 5) is 12.5. The number of rotatable bonds is 2. The summed E-state index contributed by atoms with van der Waals surface area (Å²) in [6.07, 6.45) is -0.222. The van der Waals surface area contributed by atoms with Gasteiger partial charge < -0.3 is 4.74 Å². The maximum atomic E-state index is 10.8. The lowest BCUT2D eigenvalue weighted by molar-refractivity contribution is -0.0246. The third-order valence-corrected chi connectivity index (χ3v) is 2.10. The summed E-state index contributed by atoms with van der Waals surface area (Å²) < 4.78 is 4.63. The van der Waals surface area contributed by atoms with Crippen LogP contribution in [0.25, 0.3) is 0 Å². The van der Waals surface area contributed by atoms with E-state index in [0.717, 1.165) is 5.56 Å². The van der Waals surface area contributed by atoms with E-state index in [-0.39, 0.29) is 6.09 Å². The molecule has 0 atom stereocenters. The Labute approximate surface area is 76.9 Å². The normalized spacial score (nSPS) is 15.2. The van der Waals surface area contributed by atoms with Crippen LogP contribution >= 0.6 is 0 Å². The maximum Gasteiger partial charge on any atom is 0.414 e. The zero-order chi connectivity index (χ0) is 9.26. The number of aryl methyl sites for hydroxylation is 1. The van der Waals surface area contributed by atoms with Gasteiger partial charge in [0, 0.05) is 0 Å². The molecule has 1 amide bonds. The van der Waals surface area contributed by atoms with Crippen LogP contribution < -0.4 is 0 Å². The Morgan fingerprint density at radius 1 is 1.38 bits per heavy atom. The van der Waals surface area contributed by atoms with Gasteiger partial charge in [-0.15, -0.1) is 0 Å². The van der Waals surface area contributed by atoms with Crippen LogP contribution in [0.3, 0.4) is 0 Å². The van der Waals surface area contributed by atoms with Gasteiger partial charge in [-0.2, -0.15) is 0 Å². The molecule has 1 heterocycles. The summed E-state index contributed by atoms with van der Waals surface area (Å²) in [5.74, 6) is 0. The van der Waals surface area contributed by atoms with Gasteiger partial charge in [-0.3, -0.25) is 4.90 Å². The molecule has 2 rings (SSSR count). The van der Waals surface area contributed by atoms with E-state index in [0.29, 0.717) is 13.3 Å². The van der Waals surface area contributed by atoms with Crippen molar-refractivity contribution in [3.8, 4) is 0 Å². The second kappa shape index (κ2) is 3.09. The van der Waals surface area contributed by atoms with E-state index in [1.54, 1.807) is 4.90 Å². The van der Waals surface area contributed by atoms with Crippen molar-refractivity contribution in [1.82, 2.24) is 4.90 Å². The minimum Gasteiger partial charge on any atom is -0.428 e. The van der Waals surface area contributed by atoms with Crippen molar-refractivity contribution < 1.29 is 9.53 Å². The second-order valence-electron chi connectivity index (χ2n) is 3.22. The Morgan fingerprint density at radius 3 is 2.54 bits per heavy atom. The van der Waals surface area contributed by atoms with E-state index in [9.17, 15) is 4.79 Å². The van der Waals surface area contributed by atoms with Crippen molar-refractivity contribution in [1.29, 1.82) is 0 Å². The Kier molecular flexibility index (Phi) is 1.93. The van der Waals surface area contributed by atoms with Gasteiger partial charge in [-0.1, -0.05) is 29.8 Å². The van der Waals surface area contributed by atoms with Gasteiger partial charge in [0.1, 0.15) is 0 Å². The van der Waals surface area contributed by atoms with Crippen LogP contribution in [-0.2, 0) is 11.3 Å². The number of amides is 1. The summed E-state index contributed by atoms with van der Waals surface area (Å²) in [6.45, 7) is 3.12. The number of benzene rings is 1. The number of hydrogen-bond donors (Lipinski definition) is 0.